The molecule has 1 aromatic heterocycles. The van der Waals surface area contributed by atoms with Crippen molar-refractivity contribution in [3.8, 4) is 0 Å². The molecule has 142 valence electrons. The molecule has 0 unspecified atom stereocenters. The van der Waals surface area contributed by atoms with E-state index in [9.17, 15) is 14.9 Å². The molecule has 0 fully saturated rings. The molecular weight excluding hydrogens is 368 g/mol. The van der Waals surface area contributed by atoms with Crippen LogP contribution in [-0.2, 0) is 0 Å². The lowest BCUT2D eigenvalue weighted by molar-refractivity contribution is -0.384. The summed E-state index contributed by atoms with van der Waals surface area (Å²) >= 11 is 0. The van der Waals surface area contributed by atoms with Crippen LogP contribution in [0.4, 0.5) is 5.69 Å². The number of nitrogens with zero attached hydrogens (tertiary/aromatic N) is 2. The highest BCUT2D eigenvalue weighted by atomic mass is 16.6. The van der Waals surface area contributed by atoms with Gasteiger partial charge >= 0.3 is 0 Å². The Labute approximate surface area is 165 Å². The van der Waals surface area contributed by atoms with Crippen LogP contribution in [0.1, 0.15) is 21.7 Å². The fourth-order valence-electron chi connectivity index (χ4n) is 2.89. The number of H-pyrrole nitrogens is 1. The van der Waals surface area contributed by atoms with Crippen molar-refractivity contribution >= 4 is 34.4 Å². The van der Waals surface area contributed by atoms with Crippen LogP contribution in [-0.4, -0.2) is 20.8 Å². The second-order valence-electron chi connectivity index (χ2n) is 6.33. The number of aromatic amines is 1. The van der Waals surface area contributed by atoms with Gasteiger partial charge in [-0.2, -0.15) is 0 Å². The molecule has 0 atom stereocenters. The fraction of sp³-hybridized carbons (Fsp3) is 0. The van der Waals surface area contributed by atoms with Gasteiger partial charge in [0.2, 0.25) is 0 Å². The molecule has 1 amide bonds. The molecule has 1 heterocycles. The summed E-state index contributed by atoms with van der Waals surface area (Å²) in [5.41, 5.74) is 3.28. The van der Waals surface area contributed by atoms with Gasteiger partial charge in [-0.3, -0.25) is 14.9 Å². The number of rotatable bonds is 5. The van der Waals surface area contributed by atoms with Crippen LogP contribution in [0.25, 0.3) is 22.8 Å². The summed E-state index contributed by atoms with van der Waals surface area (Å²) in [7, 11) is 0. The van der Waals surface area contributed by atoms with Crippen LogP contribution in [0.5, 0.6) is 0 Å². The molecule has 0 saturated carbocycles. The third kappa shape index (κ3) is 4.03. The highest BCUT2D eigenvalue weighted by molar-refractivity contribution is 6.01. The van der Waals surface area contributed by atoms with Crippen molar-refractivity contribution in [2.24, 2.45) is 0 Å². The monoisotopic (exact) mass is 384 g/mol. The second-order valence-corrected chi connectivity index (χ2v) is 6.33. The highest BCUT2D eigenvalue weighted by Gasteiger charge is 2.13. The predicted molar refractivity (Wildman–Crippen MR) is 111 cm³/mol. The second kappa shape index (κ2) is 7.77. The zero-order chi connectivity index (χ0) is 20.2. The van der Waals surface area contributed by atoms with E-state index in [0.29, 0.717) is 22.6 Å². The van der Waals surface area contributed by atoms with Crippen molar-refractivity contribution in [3.63, 3.8) is 0 Å². The first-order valence-corrected chi connectivity index (χ1v) is 8.88. The number of para-hydroxylation sites is 2. The average molecular weight is 384 g/mol. The van der Waals surface area contributed by atoms with Gasteiger partial charge in [0.15, 0.2) is 5.82 Å². The summed E-state index contributed by atoms with van der Waals surface area (Å²) in [6, 6.07) is 22.5. The Hall–Kier alpha value is -4.26. The quantitative estimate of drug-likeness (QED) is 0.393. The maximum atomic E-state index is 12.7. The van der Waals surface area contributed by atoms with Gasteiger partial charge < -0.3 is 10.3 Å². The smallest absolute Gasteiger partial charge is 0.269 e. The lowest BCUT2D eigenvalue weighted by Crippen LogP contribution is -2.22. The number of nitro benzene ring substituents is 1. The molecule has 4 rings (SSSR count). The SMILES string of the molecule is O=C(N/C(=C\c1ccc([N+](=O)[O-])cc1)c1nc2ccccc2[nH]1)c1ccccc1. The Balaban J connectivity index is 1.73. The van der Waals surface area contributed by atoms with Crippen LogP contribution in [0.15, 0.2) is 78.9 Å². The van der Waals surface area contributed by atoms with Crippen molar-refractivity contribution in [1.82, 2.24) is 15.3 Å². The number of hydrogen-bond donors (Lipinski definition) is 2. The van der Waals surface area contributed by atoms with Gasteiger partial charge in [-0.05, 0) is 48.0 Å². The van der Waals surface area contributed by atoms with E-state index in [2.05, 4.69) is 15.3 Å². The van der Waals surface area contributed by atoms with Crippen LogP contribution >= 0.6 is 0 Å². The van der Waals surface area contributed by atoms with Crippen LogP contribution in [0.2, 0.25) is 0 Å². The summed E-state index contributed by atoms with van der Waals surface area (Å²) in [4.78, 5) is 30.9. The Kier molecular flexibility index (Phi) is 4.86. The minimum Gasteiger partial charge on any atom is -0.337 e. The summed E-state index contributed by atoms with van der Waals surface area (Å²) in [6.45, 7) is 0. The van der Waals surface area contributed by atoms with E-state index in [0.717, 1.165) is 11.0 Å². The zero-order valence-electron chi connectivity index (χ0n) is 15.2. The van der Waals surface area contributed by atoms with E-state index in [1.165, 1.54) is 12.1 Å². The number of hydrogen-bond acceptors (Lipinski definition) is 4. The predicted octanol–water partition coefficient (Wildman–Crippen LogP) is 4.40. The molecule has 7 heteroatoms. The number of carbonyl (C=O) groups is 1. The van der Waals surface area contributed by atoms with Crippen LogP contribution in [0, 0.1) is 10.1 Å². The number of benzene rings is 3. The van der Waals surface area contributed by atoms with E-state index < -0.39 is 4.92 Å². The molecule has 3 aromatic carbocycles. The Morgan fingerprint density at radius 1 is 0.966 bits per heavy atom. The topological polar surface area (TPSA) is 101 Å². The number of amides is 1. The summed E-state index contributed by atoms with van der Waals surface area (Å²) in [6.07, 6.45) is 1.72. The molecule has 0 bridgehead atoms. The van der Waals surface area contributed by atoms with Gasteiger partial charge in [0.1, 0.15) is 0 Å². The lowest BCUT2D eigenvalue weighted by Gasteiger charge is -2.08. The minimum absolute atomic E-state index is 0.000702. The first kappa shape index (κ1) is 18.1. The van der Waals surface area contributed by atoms with E-state index in [4.69, 9.17) is 0 Å². The van der Waals surface area contributed by atoms with Gasteiger partial charge in [-0.25, -0.2) is 4.98 Å². The summed E-state index contributed by atoms with van der Waals surface area (Å²) < 4.78 is 0. The van der Waals surface area contributed by atoms with Gasteiger partial charge in [0.25, 0.3) is 11.6 Å². The number of nitro groups is 1. The van der Waals surface area contributed by atoms with Crippen molar-refractivity contribution in [2.45, 2.75) is 0 Å². The maximum Gasteiger partial charge on any atom is 0.269 e. The lowest BCUT2D eigenvalue weighted by atomic mass is 10.1. The van der Waals surface area contributed by atoms with Gasteiger partial charge in [0.05, 0.1) is 21.7 Å². The number of nitrogens with one attached hydrogen (secondary N) is 2. The zero-order valence-corrected chi connectivity index (χ0v) is 15.2. The Morgan fingerprint density at radius 2 is 1.66 bits per heavy atom. The molecule has 0 saturated heterocycles. The molecule has 29 heavy (non-hydrogen) atoms. The van der Waals surface area contributed by atoms with E-state index in [-0.39, 0.29) is 11.6 Å². The molecule has 4 aromatic rings. The molecule has 0 aliphatic heterocycles. The fourth-order valence-corrected chi connectivity index (χ4v) is 2.89. The normalized spacial score (nSPS) is 11.4. The average Bonchev–Trinajstić information content (AvgIpc) is 3.18. The van der Waals surface area contributed by atoms with Crippen molar-refractivity contribution in [3.05, 3.63) is 106 Å². The van der Waals surface area contributed by atoms with E-state index in [1.54, 1.807) is 42.5 Å². The molecule has 0 aliphatic carbocycles. The van der Waals surface area contributed by atoms with Crippen molar-refractivity contribution in [2.75, 3.05) is 0 Å². The molecular formula is C22H16N4O3. The van der Waals surface area contributed by atoms with Gasteiger partial charge in [-0.15, -0.1) is 0 Å². The van der Waals surface area contributed by atoms with Crippen LogP contribution < -0.4 is 5.32 Å². The standard InChI is InChI=1S/C22H16N4O3/c27-22(16-6-2-1-3-7-16)25-20(14-15-10-12-17(13-11-15)26(28)29)21-23-18-8-4-5-9-19(18)24-21/h1-14H,(H,23,24)(H,25,27)/b20-14-. The number of carbonyl (C=O) groups excluding carboxylic acids is 1. The number of non-ortho nitro benzene ring substituents is 1. The molecule has 0 radical (unpaired) electrons. The molecule has 2 N–H and O–H groups in total. The first-order valence-electron chi connectivity index (χ1n) is 8.88. The minimum atomic E-state index is -0.454. The Bertz CT molecular complexity index is 1180. The summed E-state index contributed by atoms with van der Waals surface area (Å²) in [5.74, 6) is 0.216. The Morgan fingerprint density at radius 3 is 2.34 bits per heavy atom. The van der Waals surface area contributed by atoms with Gasteiger partial charge in [0, 0.05) is 17.7 Å². The largest absolute Gasteiger partial charge is 0.337 e. The third-order valence-corrected chi connectivity index (χ3v) is 4.34. The molecule has 0 spiro atoms. The van der Waals surface area contributed by atoms with Crippen molar-refractivity contribution < 1.29 is 9.72 Å². The summed E-state index contributed by atoms with van der Waals surface area (Å²) in [5, 5.41) is 13.8. The van der Waals surface area contributed by atoms with E-state index in [1.807, 2.05) is 30.3 Å². The molecule has 0 aliphatic rings. The highest BCUT2D eigenvalue weighted by Crippen LogP contribution is 2.20. The maximum absolute atomic E-state index is 12.7. The van der Waals surface area contributed by atoms with E-state index >= 15 is 0 Å². The number of aromatic nitrogens is 2. The first-order chi connectivity index (χ1) is 14.1. The number of fused-ring (bicyclic) bond motifs is 1. The third-order valence-electron chi connectivity index (χ3n) is 4.34. The van der Waals surface area contributed by atoms with Crippen LogP contribution in [0.3, 0.4) is 0 Å². The van der Waals surface area contributed by atoms with Gasteiger partial charge in [-0.1, -0.05) is 30.3 Å². The number of imidazole rings is 1. The molecule has 7 nitrogen and oxygen atoms in total. The van der Waals surface area contributed by atoms with Crippen molar-refractivity contribution in [1.29, 1.82) is 0 Å².